The van der Waals surface area contributed by atoms with E-state index in [4.69, 9.17) is 0 Å². The Kier molecular flexibility index (Phi) is 2.33. The quantitative estimate of drug-likeness (QED) is 0.716. The van der Waals surface area contributed by atoms with E-state index >= 15 is 0 Å². The van der Waals surface area contributed by atoms with Gasteiger partial charge >= 0.3 is 0 Å². The summed E-state index contributed by atoms with van der Waals surface area (Å²) in [5.41, 5.74) is 0.396. The van der Waals surface area contributed by atoms with E-state index in [2.05, 4.69) is 19.2 Å². The first-order valence-corrected chi connectivity index (χ1v) is 6.59. The number of hydrogen-bond acceptors (Lipinski definition) is 3. The van der Waals surface area contributed by atoms with Gasteiger partial charge in [-0.25, -0.2) is 0 Å². The van der Waals surface area contributed by atoms with Gasteiger partial charge in [0.25, 0.3) is 0 Å². The molecule has 2 N–H and O–H groups in total. The fraction of sp³-hybridized carbons (Fsp3) is 0.923. The van der Waals surface area contributed by atoms with E-state index in [-0.39, 0.29) is 23.4 Å². The van der Waals surface area contributed by atoms with Crippen molar-refractivity contribution in [1.82, 2.24) is 10.2 Å². The summed E-state index contributed by atoms with van der Waals surface area (Å²) < 4.78 is 0. The Labute approximate surface area is 102 Å². The maximum atomic E-state index is 12.2. The Hall–Kier alpha value is -0.610. The number of likely N-dealkylation sites (tertiary alicyclic amines) is 1. The summed E-state index contributed by atoms with van der Waals surface area (Å²) >= 11 is 0. The van der Waals surface area contributed by atoms with Crippen molar-refractivity contribution in [3.05, 3.63) is 0 Å². The lowest BCUT2D eigenvalue weighted by molar-refractivity contribution is -0.148. The standard InChI is InChI=1S/C13H22N2O2/c1-12(2)3-10(12)11(17)15-7-13(8-15)6-14-4-9(13)5-16/h9-10,14,16H,3-8H2,1-2H3/t9-,10+/m0/s1. The molecule has 3 aliphatic rings. The Morgan fingerprint density at radius 2 is 2.12 bits per heavy atom. The summed E-state index contributed by atoms with van der Waals surface area (Å²) in [4.78, 5) is 14.2. The molecule has 1 aliphatic carbocycles. The third-order valence-electron chi connectivity index (χ3n) is 5.09. The van der Waals surface area contributed by atoms with Crippen LogP contribution in [0.25, 0.3) is 0 Å². The van der Waals surface area contributed by atoms with Gasteiger partial charge in [0.1, 0.15) is 0 Å². The van der Waals surface area contributed by atoms with Crippen LogP contribution in [0.4, 0.5) is 0 Å². The lowest BCUT2D eigenvalue weighted by Crippen LogP contribution is -2.63. The molecule has 96 valence electrons. The molecule has 4 heteroatoms. The van der Waals surface area contributed by atoms with Gasteiger partial charge in [0.2, 0.25) is 5.91 Å². The predicted octanol–water partition coefficient (Wildman–Crippen LogP) is 0.0728. The Morgan fingerprint density at radius 1 is 1.47 bits per heavy atom. The van der Waals surface area contributed by atoms with Gasteiger partial charge in [0.05, 0.1) is 0 Å². The average Bonchev–Trinajstić information content (AvgIpc) is 2.72. The van der Waals surface area contributed by atoms with Crippen LogP contribution in [0, 0.1) is 22.7 Å². The molecular weight excluding hydrogens is 216 g/mol. The fourth-order valence-electron chi connectivity index (χ4n) is 3.46. The van der Waals surface area contributed by atoms with Crippen LogP contribution in [0.15, 0.2) is 0 Å². The molecule has 3 fully saturated rings. The Morgan fingerprint density at radius 3 is 2.65 bits per heavy atom. The third kappa shape index (κ3) is 1.61. The molecule has 0 bridgehead atoms. The van der Waals surface area contributed by atoms with Gasteiger partial charge in [-0.15, -0.1) is 0 Å². The third-order valence-corrected chi connectivity index (χ3v) is 5.09. The number of amides is 1. The zero-order valence-electron chi connectivity index (χ0n) is 10.7. The summed E-state index contributed by atoms with van der Waals surface area (Å²) in [6.45, 7) is 8.11. The van der Waals surface area contributed by atoms with Gasteiger partial charge in [0.15, 0.2) is 0 Å². The maximum Gasteiger partial charge on any atom is 0.226 e. The SMILES string of the molecule is CC1(C)C[C@@H]1C(=O)N1CC2(CNC[C@H]2CO)C1. The van der Waals surface area contributed by atoms with E-state index in [0.29, 0.717) is 11.8 Å². The van der Waals surface area contributed by atoms with E-state index in [1.165, 1.54) is 0 Å². The van der Waals surface area contributed by atoms with Crippen LogP contribution in [0.2, 0.25) is 0 Å². The molecule has 1 saturated carbocycles. The van der Waals surface area contributed by atoms with Gasteiger partial charge in [-0.1, -0.05) is 13.8 Å². The van der Waals surface area contributed by atoms with Crippen molar-refractivity contribution in [3.63, 3.8) is 0 Å². The van der Waals surface area contributed by atoms with Crippen LogP contribution in [-0.4, -0.2) is 48.7 Å². The van der Waals surface area contributed by atoms with E-state index in [0.717, 1.165) is 32.6 Å². The monoisotopic (exact) mass is 238 g/mol. The average molecular weight is 238 g/mol. The molecule has 0 radical (unpaired) electrons. The van der Waals surface area contributed by atoms with Gasteiger partial charge in [-0.05, 0) is 11.8 Å². The molecule has 2 saturated heterocycles. The molecule has 1 spiro atoms. The van der Waals surface area contributed by atoms with Crippen molar-refractivity contribution in [2.75, 3.05) is 32.8 Å². The molecule has 0 aromatic heterocycles. The molecular formula is C13H22N2O2. The minimum atomic E-state index is 0.170. The number of nitrogens with one attached hydrogen (secondary N) is 1. The van der Waals surface area contributed by atoms with Crippen LogP contribution in [0.3, 0.4) is 0 Å². The molecule has 4 nitrogen and oxygen atoms in total. The minimum absolute atomic E-state index is 0.170. The van der Waals surface area contributed by atoms with Crippen molar-refractivity contribution in [1.29, 1.82) is 0 Å². The lowest BCUT2D eigenvalue weighted by atomic mass is 9.71. The highest BCUT2D eigenvalue weighted by atomic mass is 16.3. The highest BCUT2D eigenvalue weighted by molar-refractivity contribution is 5.83. The topological polar surface area (TPSA) is 52.6 Å². The first-order chi connectivity index (χ1) is 7.98. The normalized spacial score (nSPS) is 37.0. The summed E-state index contributed by atoms with van der Waals surface area (Å²) in [5, 5.41) is 12.7. The highest BCUT2D eigenvalue weighted by Crippen LogP contribution is 2.54. The highest BCUT2D eigenvalue weighted by Gasteiger charge is 2.58. The van der Waals surface area contributed by atoms with E-state index in [1.54, 1.807) is 0 Å². The van der Waals surface area contributed by atoms with Gasteiger partial charge in [-0.3, -0.25) is 4.79 Å². The summed E-state index contributed by atoms with van der Waals surface area (Å²) in [7, 11) is 0. The molecule has 1 amide bonds. The second kappa shape index (κ2) is 3.45. The second-order valence-corrected chi connectivity index (χ2v) is 6.81. The first kappa shape index (κ1) is 11.5. The summed E-state index contributed by atoms with van der Waals surface area (Å²) in [5.74, 6) is 0.921. The van der Waals surface area contributed by atoms with Crippen molar-refractivity contribution >= 4 is 5.91 Å². The fourth-order valence-corrected chi connectivity index (χ4v) is 3.46. The second-order valence-electron chi connectivity index (χ2n) is 6.81. The maximum absolute atomic E-state index is 12.2. The first-order valence-electron chi connectivity index (χ1n) is 6.59. The minimum Gasteiger partial charge on any atom is -0.396 e. The number of hydrogen-bond donors (Lipinski definition) is 2. The lowest BCUT2D eigenvalue weighted by Gasteiger charge is -2.51. The van der Waals surface area contributed by atoms with Crippen LogP contribution in [-0.2, 0) is 4.79 Å². The van der Waals surface area contributed by atoms with Crippen LogP contribution in [0.5, 0.6) is 0 Å². The molecule has 0 unspecified atom stereocenters. The zero-order chi connectivity index (χ0) is 12.3. The van der Waals surface area contributed by atoms with Crippen molar-refractivity contribution in [2.24, 2.45) is 22.7 Å². The molecule has 17 heavy (non-hydrogen) atoms. The van der Waals surface area contributed by atoms with E-state index in [1.807, 2.05) is 4.90 Å². The molecule has 3 rings (SSSR count). The largest absolute Gasteiger partial charge is 0.396 e. The van der Waals surface area contributed by atoms with Crippen LogP contribution in [0.1, 0.15) is 20.3 Å². The van der Waals surface area contributed by atoms with Crippen molar-refractivity contribution in [2.45, 2.75) is 20.3 Å². The molecule has 2 atom stereocenters. The summed E-state index contributed by atoms with van der Waals surface area (Å²) in [6, 6.07) is 0. The van der Waals surface area contributed by atoms with Gasteiger partial charge in [-0.2, -0.15) is 0 Å². The zero-order valence-corrected chi connectivity index (χ0v) is 10.7. The number of aliphatic hydroxyl groups is 1. The van der Waals surface area contributed by atoms with E-state index < -0.39 is 0 Å². The number of rotatable bonds is 2. The number of carbonyl (C=O) groups is 1. The molecule has 0 aromatic carbocycles. The van der Waals surface area contributed by atoms with Crippen LogP contribution >= 0.6 is 0 Å². The van der Waals surface area contributed by atoms with Gasteiger partial charge in [0, 0.05) is 50.0 Å². The smallest absolute Gasteiger partial charge is 0.226 e. The molecule has 2 aliphatic heterocycles. The Balaban J connectivity index is 1.59. The summed E-state index contributed by atoms with van der Waals surface area (Å²) in [6.07, 6.45) is 1.04. The number of carbonyl (C=O) groups excluding carboxylic acids is 1. The number of aliphatic hydroxyl groups excluding tert-OH is 1. The van der Waals surface area contributed by atoms with Gasteiger partial charge < -0.3 is 15.3 Å². The number of nitrogens with zero attached hydrogens (tertiary/aromatic N) is 1. The van der Waals surface area contributed by atoms with Crippen molar-refractivity contribution in [3.8, 4) is 0 Å². The van der Waals surface area contributed by atoms with Crippen LogP contribution < -0.4 is 5.32 Å². The Bertz CT molecular complexity index is 347. The molecule has 0 aromatic rings. The van der Waals surface area contributed by atoms with Crippen molar-refractivity contribution < 1.29 is 9.90 Å². The predicted molar refractivity (Wildman–Crippen MR) is 64.3 cm³/mol. The molecule has 2 heterocycles. The van der Waals surface area contributed by atoms with E-state index in [9.17, 15) is 9.90 Å².